The molecule has 3 N–H and O–H groups in total. The molecule has 0 radical (unpaired) electrons. The molecule has 0 saturated heterocycles. The summed E-state index contributed by atoms with van der Waals surface area (Å²) in [5.41, 5.74) is 7.29. The maximum Gasteiger partial charge on any atom is 0.266 e. The lowest BCUT2D eigenvalue weighted by Crippen LogP contribution is -2.12. The number of rotatable bonds is 4. The highest BCUT2D eigenvalue weighted by Crippen LogP contribution is 2.36. The van der Waals surface area contributed by atoms with Crippen LogP contribution in [-0.2, 0) is 0 Å². The van der Waals surface area contributed by atoms with Crippen LogP contribution in [0.2, 0.25) is 0 Å². The summed E-state index contributed by atoms with van der Waals surface area (Å²) in [6.07, 6.45) is 0.800. The number of carbonyl (C=O) groups excluding carboxylic acids is 2. The standard InChI is InChI=1S/C16H12N2O2S/c17-16(20)14-15(12-6-1-2-7-13(12)18-14)21-11-5-3-4-10(8-11)9-19/h1-9,18H,(H2,17,20). The quantitative estimate of drug-likeness (QED) is 0.726. The van der Waals surface area contributed by atoms with E-state index in [1.807, 2.05) is 36.4 Å². The van der Waals surface area contributed by atoms with E-state index in [2.05, 4.69) is 4.98 Å². The van der Waals surface area contributed by atoms with E-state index < -0.39 is 5.91 Å². The number of nitrogens with one attached hydrogen (secondary N) is 1. The zero-order valence-electron chi connectivity index (χ0n) is 11.0. The fraction of sp³-hybridized carbons (Fsp3) is 0. The summed E-state index contributed by atoms with van der Waals surface area (Å²) in [5, 5.41) is 0.938. The van der Waals surface area contributed by atoms with E-state index in [4.69, 9.17) is 5.73 Å². The number of aromatic nitrogens is 1. The fourth-order valence-corrected chi connectivity index (χ4v) is 3.28. The van der Waals surface area contributed by atoms with Crippen LogP contribution in [-0.4, -0.2) is 17.2 Å². The van der Waals surface area contributed by atoms with Crippen LogP contribution in [0.25, 0.3) is 10.9 Å². The van der Waals surface area contributed by atoms with Crippen molar-refractivity contribution >= 4 is 34.9 Å². The van der Waals surface area contributed by atoms with Gasteiger partial charge in [-0.3, -0.25) is 9.59 Å². The minimum absolute atomic E-state index is 0.387. The Morgan fingerprint density at radius 2 is 1.95 bits per heavy atom. The maximum absolute atomic E-state index is 11.6. The molecule has 0 aliphatic heterocycles. The highest BCUT2D eigenvalue weighted by atomic mass is 32.2. The molecule has 104 valence electrons. The molecule has 0 unspecified atom stereocenters. The van der Waals surface area contributed by atoms with Crippen molar-refractivity contribution < 1.29 is 9.59 Å². The molecule has 3 rings (SSSR count). The average Bonchev–Trinajstić information content (AvgIpc) is 2.87. The molecule has 0 aliphatic carbocycles. The van der Waals surface area contributed by atoms with E-state index in [9.17, 15) is 9.59 Å². The Kier molecular flexibility index (Phi) is 3.50. The van der Waals surface area contributed by atoms with Crippen LogP contribution in [0, 0.1) is 0 Å². The molecule has 1 amide bonds. The third-order valence-electron chi connectivity index (χ3n) is 3.12. The van der Waals surface area contributed by atoms with Gasteiger partial charge in [0.25, 0.3) is 5.91 Å². The normalized spacial score (nSPS) is 10.7. The van der Waals surface area contributed by atoms with Crippen molar-refractivity contribution in [3.8, 4) is 0 Å². The maximum atomic E-state index is 11.6. The molecule has 0 saturated carbocycles. The van der Waals surface area contributed by atoms with Gasteiger partial charge in [-0.25, -0.2) is 0 Å². The molecule has 0 aliphatic rings. The van der Waals surface area contributed by atoms with Crippen LogP contribution in [0.1, 0.15) is 20.8 Å². The first-order valence-electron chi connectivity index (χ1n) is 6.32. The molecule has 0 atom stereocenters. The number of carbonyl (C=O) groups is 2. The van der Waals surface area contributed by atoms with E-state index in [0.29, 0.717) is 11.3 Å². The van der Waals surface area contributed by atoms with Crippen molar-refractivity contribution in [2.75, 3.05) is 0 Å². The summed E-state index contributed by atoms with van der Waals surface area (Å²) in [6, 6.07) is 14.9. The summed E-state index contributed by atoms with van der Waals surface area (Å²) in [5.74, 6) is -0.500. The van der Waals surface area contributed by atoms with Crippen molar-refractivity contribution in [1.82, 2.24) is 4.98 Å². The minimum Gasteiger partial charge on any atom is -0.364 e. The summed E-state index contributed by atoms with van der Waals surface area (Å²) >= 11 is 1.42. The van der Waals surface area contributed by atoms with Gasteiger partial charge in [0.05, 0.1) is 4.90 Å². The van der Waals surface area contributed by atoms with Gasteiger partial charge in [-0.05, 0) is 18.2 Å². The number of H-pyrrole nitrogens is 1. The third-order valence-corrected chi connectivity index (χ3v) is 4.24. The van der Waals surface area contributed by atoms with Crippen LogP contribution in [0.4, 0.5) is 0 Å². The molecular weight excluding hydrogens is 284 g/mol. The summed E-state index contributed by atoms with van der Waals surface area (Å²) < 4.78 is 0. The van der Waals surface area contributed by atoms with Gasteiger partial charge in [0.1, 0.15) is 12.0 Å². The second kappa shape index (κ2) is 5.46. The molecule has 4 nitrogen and oxygen atoms in total. The smallest absolute Gasteiger partial charge is 0.266 e. The summed E-state index contributed by atoms with van der Waals surface area (Å²) in [7, 11) is 0. The lowest BCUT2D eigenvalue weighted by Gasteiger charge is -2.03. The number of hydrogen-bond donors (Lipinski definition) is 2. The number of hydrogen-bond acceptors (Lipinski definition) is 3. The summed E-state index contributed by atoms with van der Waals surface area (Å²) in [4.78, 5) is 27.2. The van der Waals surface area contributed by atoms with Gasteiger partial charge in [-0.15, -0.1) is 0 Å². The van der Waals surface area contributed by atoms with E-state index in [-0.39, 0.29) is 0 Å². The van der Waals surface area contributed by atoms with E-state index in [0.717, 1.165) is 27.0 Å². The van der Waals surface area contributed by atoms with Crippen LogP contribution >= 0.6 is 11.8 Å². The predicted molar refractivity (Wildman–Crippen MR) is 82.8 cm³/mol. The fourth-order valence-electron chi connectivity index (χ4n) is 2.16. The second-order valence-electron chi connectivity index (χ2n) is 4.53. The predicted octanol–water partition coefficient (Wildman–Crippen LogP) is 3.23. The zero-order valence-corrected chi connectivity index (χ0v) is 11.8. The van der Waals surface area contributed by atoms with Gasteiger partial charge in [0.15, 0.2) is 0 Å². The minimum atomic E-state index is -0.500. The monoisotopic (exact) mass is 296 g/mol. The van der Waals surface area contributed by atoms with Crippen molar-refractivity contribution in [2.45, 2.75) is 9.79 Å². The highest BCUT2D eigenvalue weighted by molar-refractivity contribution is 7.99. The third kappa shape index (κ3) is 2.55. The molecule has 1 heterocycles. The van der Waals surface area contributed by atoms with E-state index >= 15 is 0 Å². The Morgan fingerprint density at radius 3 is 2.71 bits per heavy atom. The van der Waals surface area contributed by atoms with Gasteiger partial charge in [0, 0.05) is 21.4 Å². The van der Waals surface area contributed by atoms with E-state index in [1.54, 1.807) is 12.1 Å². The van der Waals surface area contributed by atoms with Crippen molar-refractivity contribution in [2.24, 2.45) is 5.73 Å². The SMILES string of the molecule is NC(=O)c1[nH]c2ccccc2c1Sc1cccc(C=O)c1. The van der Waals surface area contributed by atoms with Crippen molar-refractivity contribution in [1.29, 1.82) is 0 Å². The average molecular weight is 296 g/mol. The van der Waals surface area contributed by atoms with Crippen LogP contribution < -0.4 is 5.73 Å². The largest absolute Gasteiger partial charge is 0.364 e. The number of para-hydroxylation sites is 1. The first kappa shape index (κ1) is 13.5. The lowest BCUT2D eigenvalue weighted by atomic mass is 10.2. The molecular formula is C16H12N2O2S. The van der Waals surface area contributed by atoms with Crippen LogP contribution in [0.3, 0.4) is 0 Å². The van der Waals surface area contributed by atoms with Crippen molar-refractivity contribution in [3.05, 3.63) is 59.8 Å². The zero-order chi connectivity index (χ0) is 14.8. The molecule has 5 heteroatoms. The topological polar surface area (TPSA) is 76.0 Å². The highest BCUT2D eigenvalue weighted by Gasteiger charge is 2.16. The van der Waals surface area contributed by atoms with E-state index in [1.165, 1.54) is 11.8 Å². The Bertz CT molecular complexity index is 839. The van der Waals surface area contributed by atoms with Crippen LogP contribution in [0.15, 0.2) is 58.3 Å². The number of fused-ring (bicyclic) bond motifs is 1. The first-order chi connectivity index (χ1) is 10.2. The Balaban J connectivity index is 2.12. The molecule has 0 spiro atoms. The second-order valence-corrected chi connectivity index (χ2v) is 5.62. The van der Waals surface area contributed by atoms with Gasteiger partial charge in [-0.2, -0.15) is 0 Å². The number of benzene rings is 2. The Hall–Kier alpha value is -2.53. The summed E-state index contributed by atoms with van der Waals surface area (Å²) in [6.45, 7) is 0. The van der Waals surface area contributed by atoms with Gasteiger partial charge in [-0.1, -0.05) is 42.1 Å². The number of amides is 1. The Morgan fingerprint density at radius 1 is 1.14 bits per heavy atom. The van der Waals surface area contributed by atoms with Crippen molar-refractivity contribution in [3.63, 3.8) is 0 Å². The van der Waals surface area contributed by atoms with Gasteiger partial charge >= 0.3 is 0 Å². The first-order valence-corrected chi connectivity index (χ1v) is 7.14. The van der Waals surface area contributed by atoms with Gasteiger partial charge < -0.3 is 10.7 Å². The molecule has 0 bridgehead atoms. The Labute approximate surface area is 125 Å². The van der Waals surface area contributed by atoms with Crippen LogP contribution in [0.5, 0.6) is 0 Å². The number of primary amides is 1. The van der Waals surface area contributed by atoms with Gasteiger partial charge in [0.2, 0.25) is 0 Å². The molecule has 0 fully saturated rings. The number of nitrogens with two attached hydrogens (primary N) is 1. The lowest BCUT2D eigenvalue weighted by molar-refractivity contribution is 0.0993. The number of aromatic amines is 1. The number of aldehydes is 1. The molecule has 21 heavy (non-hydrogen) atoms. The molecule has 2 aromatic carbocycles. The molecule has 3 aromatic rings. The molecule has 1 aromatic heterocycles.